The van der Waals surface area contributed by atoms with E-state index < -0.39 is 0 Å². The highest BCUT2D eigenvalue weighted by molar-refractivity contribution is 7.14. The van der Waals surface area contributed by atoms with Crippen LogP contribution in [0.5, 0.6) is 5.88 Å². The number of rotatable bonds is 5. The molecular weight excluding hydrogens is 272 g/mol. The van der Waals surface area contributed by atoms with Gasteiger partial charge >= 0.3 is 0 Å². The Balaban J connectivity index is 1.96. The maximum atomic E-state index is 12.1. The smallest absolute Gasteiger partial charge is 0.261 e. The Kier molecular flexibility index (Phi) is 4.74. The molecule has 4 nitrogen and oxygen atoms in total. The normalized spacial score (nSPS) is 10.3. The molecule has 2 rings (SSSR count). The first-order chi connectivity index (χ1) is 9.63. The van der Waals surface area contributed by atoms with Gasteiger partial charge in [-0.3, -0.25) is 4.79 Å². The minimum atomic E-state index is -0.0337. The van der Waals surface area contributed by atoms with E-state index >= 15 is 0 Å². The van der Waals surface area contributed by atoms with Crippen molar-refractivity contribution < 1.29 is 9.53 Å². The molecule has 0 saturated heterocycles. The number of thiophene rings is 1. The van der Waals surface area contributed by atoms with E-state index in [1.54, 1.807) is 30.7 Å². The summed E-state index contributed by atoms with van der Waals surface area (Å²) in [5.41, 5.74) is 2.14. The molecule has 0 bridgehead atoms. The van der Waals surface area contributed by atoms with Crippen LogP contribution in [0.15, 0.2) is 24.4 Å². The van der Waals surface area contributed by atoms with E-state index in [-0.39, 0.29) is 5.91 Å². The second-order valence-corrected chi connectivity index (χ2v) is 5.60. The van der Waals surface area contributed by atoms with Crippen LogP contribution in [0, 0.1) is 6.92 Å². The summed E-state index contributed by atoms with van der Waals surface area (Å²) in [6, 6.07) is 5.63. The molecule has 20 heavy (non-hydrogen) atoms. The number of pyridine rings is 1. The van der Waals surface area contributed by atoms with Gasteiger partial charge < -0.3 is 10.1 Å². The third kappa shape index (κ3) is 3.36. The molecule has 0 atom stereocenters. The van der Waals surface area contributed by atoms with Crippen LogP contribution in [0.3, 0.4) is 0 Å². The predicted molar refractivity (Wildman–Crippen MR) is 80.4 cm³/mol. The van der Waals surface area contributed by atoms with E-state index in [1.807, 2.05) is 19.1 Å². The molecule has 1 amide bonds. The third-order valence-electron chi connectivity index (χ3n) is 3.03. The molecule has 0 aliphatic heterocycles. The summed E-state index contributed by atoms with van der Waals surface area (Å²) >= 11 is 1.56. The number of amides is 1. The van der Waals surface area contributed by atoms with Gasteiger partial charge in [0.25, 0.3) is 5.91 Å². The fraction of sp³-hybridized carbons (Fsp3) is 0.333. The maximum Gasteiger partial charge on any atom is 0.261 e. The Morgan fingerprint density at radius 2 is 2.25 bits per heavy atom. The second-order valence-electron chi connectivity index (χ2n) is 4.46. The number of nitrogens with zero attached hydrogens (tertiary/aromatic N) is 1. The minimum Gasteiger partial charge on any atom is -0.481 e. The highest BCUT2D eigenvalue weighted by atomic mass is 32.1. The number of hydrogen-bond acceptors (Lipinski definition) is 4. The van der Waals surface area contributed by atoms with Crippen molar-refractivity contribution in [2.45, 2.75) is 26.8 Å². The van der Waals surface area contributed by atoms with Gasteiger partial charge in [-0.2, -0.15) is 0 Å². The van der Waals surface area contributed by atoms with Crippen LogP contribution in [0.2, 0.25) is 0 Å². The highest BCUT2D eigenvalue weighted by Gasteiger charge is 2.11. The van der Waals surface area contributed by atoms with E-state index in [0.29, 0.717) is 12.4 Å². The largest absolute Gasteiger partial charge is 0.481 e. The van der Waals surface area contributed by atoms with Crippen molar-refractivity contribution in [1.82, 2.24) is 10.3 Å². The van der Waals surface area contributed by atoms with Gasteiger partial charge in [0.15, 0.2) is 0 Å². The van der Waals surface area contributed by atoms with E-state index in [4.69, 9.17) is 4.74 Å². The van der Waals surface area contributed by atoms with Crippen molar-refractivity contribution in [1.29, 1.82) is 0 Å². The number of aryl methyl sites for hydroxylation is 2. The molecule has 5 heteroatoms. The zero-order chi connectivity index (χ0) is 14.5. The van der Waals surface area contributed by atoms with Crippen LogP contribution >= 0.6 is 11.3 Å². The molecule has 2 heterocycles. The van der Waals surface area contributed by atoms with Gasteiger partial charge in [0.2, 0.25) is 5.88 Å². The fourth-order valence-electron chi connectivity index (χ4n) is 1.89. The average molecular weight is 290 g/mol. The molecule has 2 aromatic heterocycles. The van der Waals surface area contributed by atoms with Crippen LogP contribution in [0.1, 0.15) is 32.6 Å². The van der Waals surface area contributed by atoms with E-state index in [2.05, 4.69) is 17.2 Å². The molecule has 106 valence electrons. The van der Waals surface area contributed by atoms with Crippen LogP contribution in [0.4, 0.5) is 0 Å². The van der Waals surface area contributed by atoms with E-state index in [0.717, 1.165) is 16.9 Å². The Bertz CT molecular complexity index is 590. The first-order valence-corrected chi connectivity index (χ1v) is 7.32. The van der Waals surface area contributed by atoms with Crippen LogP contribution in [-0.4, -0.2) is 18.0 Å². The van der Waals surface area contributed by atoms with Crippen molar-refractivity contribution >= 4 is 17.2 Å². The summed E-state index contributed by atoms with van der Waals surface area (Å²) in [7, 11) is 1.58. The van der Waals surface area contributed by atoms with Crippen LogP contribution < -0.4 is 10.1 Å². The lowest BCUT2D eigenvalue weighted by Crippen LogP contribution is -2.21. The number of carbonyl (C=O) groups excluding carboxylic acids is 1. The lowest BCUT2D eigenvalue weighted by Gasteiger charge is -2.04. The van der Waals surface area contributed by atoms with Gasteiger partial charge in [-0.1, -0.05) is 13.0 Å². The van der Waals surface area contributed by atoms with Crippen LogP contribution in [0.25, 0.3) is 0 Å². The molecule has 0 fully saturated rings. The van der Waals surface area contributed by atoms with Crippen molar-refractivity contribution in [2.75, 3.05) is 7.11 Å². The summed E-state index contributed by atoms with van der Waals surface area (Å²) in [6.07, 6.45) is 2.67. The maximum absolute atomic E-state index is 12.1. The zero-order valence-corrected chi connectivity index (χ0v) is 12.7. The number of nitrogens with one attached hydrogen (secondary N) is 1. The molecule has 0 aliphatic carbocycles. The molecule has 1 N–H and O–H groups in total. The predicted octanol–water partition coefficient (Wildman–Crippen LogP) is 2.95. The average Bonchev–Trinajstić information content (AvgIpc) is 2.86. The summed E-state index contributed by atoms with van der Waals surface area (Å²) in [6.45, 7) is 4.61. The summed E-state index contributed by atoms with van der Waals surface area (Å²) < 4.78 is 5.00. The summed E-state index contributed by atoms with van der Waals surface area (Å²) in [5, 5.41) is 2.91. The topological polar surface area (TPSA) is 51.2 Å². The number of hydrogen-bond donors (Lipinski definition) is 1. The van der Waals surface area contributed by atoms with Crippen molar-refractivity contribution in [2.24, 2.45) is 0 Å². The highest BCUT2D eigenvalue weighted by Crippen LogP contribution is 2.22. The van der Waals surface area contributed by atoms with Gasteiger partial charge in [0, 0.05) is 23.7 Å². The van der Waals surface area contributed by atoms with Crippen molar-refractivity contribution in [3.05, 3.63) is 45.3 Å². The number of methoxy groups -OCH3 is 1. The molecule has 2 aromatic rings. The van der Waals surface area contributed by atoms with Crippen molar-refractivity contribution in [3.63, 3.8) is 0 Å². The quantitative estimate of drug-likeness (QED) is 0.921. The lowest BCUT2D eigenvalue weighted by atomic mass is 10.2. The van der Waals surface area contributed by atoms with Gasteiger partial charge in [0.05, 0.1) is 12.0 Å². The zero-order valence-electron chi connectivity index (χ0n) is 11.9. The van der Waals surface area contributed by atoms with Gasteiger partial charge in [-0.15, -0.1) is 11.3 Å². The standard InChI is InChI=1S/C15H18N2O2S/c1-4-12-10(2)7-13(20-12)15(18)17-9-11-5-6-14(19-3)16-8-11/h5-8H,4,9H2,1-3H3,(H,17,18). The Hall–Kier alpha value is -1.88. The second kappa shape index (κ2) is 6.52. The molecule has 0 aliphatic rings. The van der Waals surface area contributed by atoms with Gasteiger partial charge in [0.1, 0.15) is 0 Å². The first-order valence-electron chi connectivity index (χ1n) is 6.50. The number of aromatic nitrogens is 1. The molecule has 0 saturated carbocycles. The number of ether oxygens (including phenoxy) is 1. The molecule has 0 unspecified atom stereocenters. The van der Waals surface area contributed by atoms with Gasteiger partial charge in [-0.25, -0.2) is 4.98 Å². The molecule has 0 radical (unpaired) electrons. The fourth-order valence-corrected chi connectivity index (χ4v) is 2.92. The Morgan fingerprint density at radius 1 is 1.45 bits per heavy atom. The van der Waals surface area contributed by atoms with Crippen molar-refractivity contribution in [3.8, 4) is 5.88 Å². The third-order valence-corrected chi connectivity index (χ3v) is 4.41. The van der Waals surface area contributed by atoms with Gasteiger partial charge in [-0.05, 0) is 30.5 Å². The van der Waals surface area contributed by atoms with E-state index in [1.165, 1.54) is 10.4 Å². The first kappa shape index (κ1) is 14.5. The SMILES string of the molecule is CCc1sc(C(=O)NCc2ccc(OC)nc2)cc1C. The van der Waals surface area contributed by atoms with Crippen LogP contribution in [-0.2, 0) is 13.0 Å². The summed E-state index contributed by atoms with van der Waals surface area (Å²) in [5.74, 6) is 0.537. The Labute approximate surface area is 122 Å². The monoisotopic (exact) mass is 290 g/mol. The Morgan fingerprint density at radius 3 is 2.80 bits per heavy atom. The molecular formula is C15H18N2O2S. The minimum absolute atomic E-state index is 0.0337. The number of carbonyl (C=O) groups is 1. The molecule has 0 aromatic carbocycles. The van der Waals surface area contributed by atoms with E-state index in [9.17, 15) is 4.79 Å². The summed E-state index contributed by atoms with van der Waals surface area (Å²) in [4.78, 5) is 18.2. The lowest BCUT2D eigenvalue weighted by molar-refractivity contribution is 0.0955. The molecule has 0 spiro atoms.